The fourth-order valence-electron chi connectivity index (χ4n) is 3.10. The lowest BCUT2D eigenvalue weighted by atomic mass is 10.1. The van der Waals surface area contributed by atoms with Gasteiger partial charge in [0.2, 0.25) is 11.7 Å². The van der Waals surface area contributed by atoms with Crippen molar-refractivity contribution in [3.8, 4) is 17.2 Å². The van der Waals surface area contributed by atoms with Gasteiger partial charge in [0.15, 0.2) is 11.5 Å². The van der Waals surface area contributed by atoms with Gasteiger partial charge in [0.05, 0.1) is 41.1 Å². The van der Waals surface area contributed by atoms with E-state index in [0.29, 0.717) is 30.1 Å². The quantitative estimate of drug-likeness (QED) is 0.573. The maximum absolute atomic E-state index is 12.1. The van der Waals surface area contributed by atoms with Gasteiger partial charge in [-0.05, 0) is 24.1 Å². The summed E-state index contributed by atoms with van der Waals surface area (Å²) >= 11 is 0. The monoisotopic (exact) mass is 367 g/mol. The first-order valence-electron chi connectivity index (χ1n) is 9.14. The van der Waals surface area contributed by atoms with E-state index in [-0.39, 0.29) is 5.91 Å². The number of hydrogen-bond donors (Lipinski definition) is 2. The molecule has 0 unspecified atom stereocenters. The molecule has 0 aliphatic carbocycles. The van der Waals surface area contributed by atoms with Crippen LogP contribution in [0.4, 0.5) is 0 Å². The van der Waals surface area contributed by atoms with Gasteiger partial charge >= 0.3 is 0 Å². The number of benzene rings is 1. The molecule has 2 N–H and O–H groups in total. The molecule has 1 aliphatic rings. The molecular weight excluding hydrogens is 336 g/mol. The molecule has 1 heterocycles. The average Bonchev–Trinajstić information content (AvgIpc) is 2.69. The van der Waals surface area contributed by atoms with E-state index in [2.05, 4.69) is 5.32 Å². The van der Waals surface area contributed by atoms with Gasteiger partial charge in [-0.25, -0.2) is 0 Å². The molecule has 1 aliphatic heterocycles. The van der Waals surface area contributed by atoms with E-state index in [9.17, 15) is 4.79 Å². The van der Waals surface area contributed by atoms with Crippen molar-refractivity contribution in [1.29, 1.82) is 0 Å². The average molecular weight is 367 g/mol. The summed E-state index contributed by atoms with van der Waals surface area (Å²) in [6.45, 7) is 5.62. The van der Waals surface area contributed by atoms with E-state index in [1.165, 1.54) is 0 Å². The second-order valence-electron chi connectivity index (χ2n) is 6.35. The van der Waals surface area contributed by atoms with Gasteiger partial charge in [-0.1, -0.05) is 0 Å². The number of amides is 1. The number of morpholine rings is 1. The SMILES string of the molecule is COc1cc(CCC(=O)NCCC[NH+]2CCOCC2)cc(OC)c1OC. The number of methoxy groups -OCH3 is 3. The molecule has 0 atom stereocenters. The first-order chi connectivity index (χ1) is 12.7. The lowest BCUT2D eigenvalue weighted by Gasteiger charge is -2.23. The summed E-state index contributed by atoms with van der Waals surface area (Å²) in [6.07, 6.45) is 2.05. The van der Waals surface area contributed by atoms with Gasteiger partial charge in [-0.3, -0.25) is 4.79 Å². The van der Waals surface area contributed by atoms with Crippen molar-refractivity contribution in [3.63, 3.8) is 0 Å². The molecule has 7 nitrogen and oxygen atoms in total. The van der Waals surface area contributed by atoms with Crippen LogP contribution < -0.4 is 24.4 Å². The Morgan fingerprint density at radius 3 is 2.35 bits per heavy atom. The van der Waals surface area contributed by atoms with Crippen molar-refractivity contribution in [2.75, 3.05) is 60.7 Å². The first-order valence-corrected chi connectivity index (χ1v) is 9.14. The smallest absolute Gasteiger partial charge is 0.220 e. The summed E-state index contributed by atoms with van der Waals surface area (Å²) < 4.78 is 21.4. The van der Waals surface area contributed by atoms with Crippen LogP contribution in [0.3, 0.4) is 0 Å². The summed E-state index contributed by atoms with van der Waals surface area (Å²) in [5, 5.41) is 3.00. The molecule has 1 fully saturated rings. The highest BCUT2D eigenvalue weighted by atomic mass is 16.5. The van der Waals surface area contributed by atoms with Crippen LogP contribution in [0.2, 0.25) is 0 Å². The molecule has 1 aromatic rings. The number of nitrogens with one attached hydrogen (secondary N) is 2. The predicted molar refractivity (Wildman–Crippen MR) is 98.4 cm³/mol. The molecular formula is C19H31N2O5+. The number of aryl methyl sites for hydroxylation is 1. The van der Waals surface area contributed by atoms with E-state index in [1.807, 2.05) is 12.1 Å². The van der Waals surface area contributed by atoms with Crippen molar-refractivity contribution in [2.24, 2.45) is 0 Å². The summed E-state index contributed by atoms with van der Waals surface area (Å²) in [5.74, 6) is 1.84. The van der Waals surface area contributed by atoms with Crippen molar-refractivity contribution in [2.45, 2.75) is 19.3 Å². The zero-order valence-electron chi connectivity index (χ0n) is 16.1. The molecule has 146 valence electrons. The first kappa shape index (κ1) is 20.3. The molecule has 0 saturated carbocycles. The zero-order chi connectivity index (χ0) is 18.8. The third-order valence-corrected chi connectivity index (χ3v) is 4.59. The molecule has 1 aromatic carbocycles. The summed E-state index contributed by atoms with van der Waals surface area (Å²) in [7, 11) is 4.75. The summed E-state index contributed by atoms with van der Waals surface area (Å²) in [5.41, 5.74) is 0.979. The minimum Gasteiger partial charge on any atom is -0.493 e. The van der Waals surface area contributed by atoms with Crippen LogP contribution in [0.1, 0.15) is 18.4 Å². The number of carbonyl (C=O) groups is 1. The minimum absolute atomic E-state index is 0.0655. The maximum atomic E-state index is 12.1. The molecule has 0 bridgehead atoms. The van der Waals surface area contributed by atoms with Crippen LogP contribution >= 0.6 is 0 Å². The largest absolute Gasteiger partial charge is 0.493 e. The highest BCUT2D eigenvalue weighted by Gasteiger charge is 2.15. The van der Waals surface area contributed by atoms with Gasteiger partial charge in [-0.2, -0.15) is 0 Å². The van der Waals surface area contributed by atoms with Crippen molar-refractivity contribution >= 4 is 5.91 Å². The Morgan fingerprint density at radius 1 is 1.12 bits per heavy atom. The van der Waals surface area contributed by atoms with Crippen LogP contribution in [-0.2, 0) is 16.0 Å². The third-order valence-electron chi connectivity index (χ3n) is 4.59. The Kier molecular flexibility index (Phi) is 8.50. The number of hydrogen-bond acceptors (Lipinski definition) is 5. The predicted octanol–water partition coefficient (Wildman–Crippen LogP) is 0.0664. The molecule has 0 aromatic heterocycles. The number of quaternary nitrogens is 1. The number of ether oxygens (including phenoxy) is 4. The van der Waals surface area contributed by atoms with Gasteiger partial charge in [0, 0.05) is 19.4 Å². The van der Waals surface area contributed by atoms with E-state index >= 15 is 0 Å². The van der Waals surface area contributed by atoms with Crippen LogP contribution in [0, 0.1) is 0 Å². The van der Waals surface area contributed by atoms with Crippen molar-refractivity contribution < 1.29 is 28.6 Å². The Bertz CT molecular complexity index is 548. The standard InChI is InChI=1S/C19H30N2O5/c1-23-16-13-15(14-17(24-2)19(16)25-3)5-6-18(22)20-7-4-8-21-9-11-26-12-10-21/h13-14H,4-12H2,1-3H3,(H,20,22)/p+1. The summed E-state index contributed by atoms with van der Waals surface area (Å²) in [6, 6.07) is 3.77. The molecule has 0 radical (unpaired) electrons. The Balaban J connectivity index is 1.74. The number of rotatable bonds is 10. The van der Waals surface area contributed by atoms with E-state index in [0.717, 1.165) is 51.4 Å². The number of carbonyl (C=O) groups excluding carboxylic acids is 1. The second-order valence-corrected chi connectivity index (χ2v) is 6.35. The highest BCUT2D eigenvalue weighted by molar-refractivity contribution is 5.76. The Labute approximate surface area is 155 Å². The topological polar surface area (TPSA) is 70.5 Å². The van der Waals surface area contributed by atoms with Crippen LogP contribution in [0.5, 0.6) is 17.2 Å². The van der Waals surface area contributed by atoms with E-state index in [4.69, 9.17) is 18.9 Å². The van der Waals surface area contributed by atoms with Gasteiger partial charge in [0.25, 0.3) is 0 Å². The van der Waals surface area contributed by atoms with Crippen molar-refractivity contribution in [1.82, 2.24) is 5.32 Å². The Morgan fingerprint density at radius 2 is 1.77 bits per heavy atom. The molecule has 26 heavy (non-hydrogen) atoms. The van der Waals surface area contributed by atoms with Crippen molar-refractivity contribution in [3.05, 3.63) is 17.7 Å². The molecule has 1 amide bonds. The normalized spacial score (nSPS) is 14.7. The highest BCUT2D eigenvalue weighted by Crippen LogP contribution is 2.38. The fourth-order valence-corrected chi connectivity index (χ4v) is 3.10. The Hall–Kier alpha value is -1.99. The molecule has 2 rings (SSSR count). The molecule has 7 heteroatoms. The van der Waals surface area contributed by atoms with Gasteiger partial charge < -0.3 is 29.2 Å². The minimum atomic E-state index is 0.0655. The van der Waals surface area contributed by atoms with Crippen LogP contribution in [0.25, 0.3) is 0 Å². The molecule has 1 saturated heterocycles. The maximum Gasteiger partial charge on any atom is 0.220 e. The van der Waals surface area contributed by atoms with E-state index in [1.54, 1.807) is 26.2 Å². The lowest BCUT2D eigenvalue weighted by molar-refractivity contribution is -0.908. The van der Waals surface area contributed by atoms with Gasteiger partial charge in [-0.15, -0.1) is 0 Å². The molecule has 0 spiro atoms. The lowest BCUT2D eigenvalue weighted by Crippen LogP contribution is -3.14. The van der Waals surface area contributed by atoms with Gasteiger partial charge in [0.1, 0.15) is 13.1 Å². The summed E-state index contributed by atoms with van der Waals surface area (Å²) in [4.78, 5) is 13.6. The third kappa shape index (κ3) is 6.07. The fraction of sp³-hybridized carbons (Fsp3) is 0.632. The van der Waals surface area contributed by atoms with Crippen LogP contribution in [-0.4, -0.2) is 66.6 Å². The van der Waals surface area contributed by atoms with Crippen LogP contribution in [0.15, 0.2) is 12.1 Å². The van der Waals surface area contributed by atoms with E-state index < -0.39 is 0 Å². The zero-order valence-corrected chi connectivity index (χ0v) is 16.1. The second kappa shape index (κ2) is 10.9.